The highest BCUT2D eigenvalue weighted by molar-refractivity contribution is 6.30. The molecule has 4 atom stereocenters. The number of piperazine rings is 1. The van der Waals surface area contributed by atoms with E-state index in [0.29, 0.717) is 12.1 Å². The number of rotatable bonds is 5. The van der Waals surface area contributed by atoms with Gasteiger partial charge in [0.05, 0.1) is 5.02 Å². The molecule has 190 valence electrons. The minimum atomic E-state index is -0.531. The van der Waals surface area contributed by atoms with Gasteiger partial charge >= 0.3 is 0 Å². The SMILES string of the molecule is C[C@H]1C(=O)N2[C@@H](CCN3CCCC4(CC4)[C@@H]3O)CCC[C@H]2CN1C(=O)/C=C/c1ccc(F)c(Cl)c1. The Labute approximate surface area is 211 Å². The van der Waals surface area contributed by atoms with Crippen LogP contribution < -0.4 is 0 Å². The maximum absolute atomic E-state index is 13.5. The average molecular weight is 504 g/mol. The van der Waals surface area contributed by atoms with Crippen molar-refractivity contribution in [2.45, 2.75) is 82.6 Å². The molecule has 1 aromatic carbocycles. The molecule has 1 N–H and O–H groups in total. The molecular weight excluding hydrogens is 469 g/mol. The zero-order chi connectivity index (χ0) is 24.7. The van der Waals surface area contributed by atoms with E-state index in [0.717, 1.165) is 64.5 Å². The van der Waals surface area contributed by atoms with Crippen molar-refractivity contribution in [1.29, 1.82) is 0 Å². The summed E-state index contributed by atoms with van der Waals surface area (Å²) < 4.78 is 13.4. The third-order valence-corrected chi connectivity index (χ3v) is 8.94. The van der Waals surface area contributed by atoms with Crippen LogP contribution in [-0.2, 0) is 9.59 Å². The zero-order valence-electron chi connectivity index (χ0n) is 20.3. The fraction of sp³-hybridized carbons (Fsp3) is 0.630. The first kappa shape index (κ1) is 24.7. The highest BCUT2D eigenvalue weighted by Crippen LogP contribution is 2.55. The van der Waals surface area contributed by atoms with E-state index in [1.165, 1.54) is 18.2 Å². The summed E-state index contributed by atoms with van der Waals surface area (Å²) >= 11 is 5.84. The second-order valence-electron chi connectivity index (χ2n) is 10.8. The Balaban J connectivity index is 1.22. The highest BCUT2D eigenvalue weighted by atomic mass is 35.5. The summed E-state index contributed by atoms with van der Waals surface area (Å²) in [6.45, 7) is 4.06. The lowest BCUT2D eigenvalue weighted by Gasteiger charge is -2.51. The molecule has 1 saturated carbocycles. The van der Waals surface area contributed by atoms with Crippen LogP contribution in [0.25, 0.3) is 6.08 Å². The number of piperidine rings is 2. The monoisotopic (exact) mass is 503 g/mol. The standard InChI is InChI=1S/C27H35ClFN3O3/c1-18-25(34)32-20(10-15-30-14-3-11-27(12-13-27)26(30)35)4-2-5-21(32)17-31(18)24(33)9-7-19-6-8-23(29)22(28)16-19/h6-9,16,18,20-21,26,35H,2-5,10-15,17H2,1H3/b9-7+/t18-,20+,21-,26-/m0/s1. The molecule has 1 aromatic rings. The van der Waals surface area contributed by atoms with E-state index < -0.39 is 11.9 Å². The van der Waals surface area contributed by atoms with Crippen molar-refractivity contribution < 1.29 is 19.1 Å². The molecule has 6 nitrogen and oxygen atoms in total. The van der Waals surface area contributed by atoms with Crippen LogP contribution in [0.4, 0.5) is 4.39 Å². The first-order chi connectivity index (χ1) is 16.8. The predicted octanol–water partition coefficient (Wildman–Crippen LogP) is 4.06. The van der Waals surface area contributed by atoms with E-state index in [1.807, 2.05) is 4.90 Å². The summed E-state index contributed by atoms with van der Waals surface area (Å²) in [4.78, 5) is 32.4. The molecule has 4 fully saturated rings. The topological polar surface area (TPSA) is 64.1 Å². The number of halogens is 2. The first-order valence-corrected chi connectivity index (χ1v) is 13.3. The number of fused-ring (bicyclic) bond motifs is 1. The maximum Gasteiger partial charge on any atom is 0.247 e. The van der Waals surface area contributed by atoms with E-state index >= 15 is 0 Å². The summed E-state index contributed by atoms with van der Waals surface area (Å²) in [5.41, 5.74) is 0.768. The maximum atomic E-state index is 13.5. The number of aliphatic hydroxyl groups excluding tert-OH is 1. The third kappa shape index (κ3) is 4.87. The molecule has 0 bridgehead atoms. The number of hydrogen-bond donors (Lipinski definition) is 1. The molecule has 0 aromatic heterocycles. The van der Waals surface area contributed by atoms with Gasteiger partial charge in [-0.1, -0.05) is 17.7 Å². The van der Waals surface area contributed by atoms with Gasteiger partial charge in [-0.2, -0.15) is 0 Å². The summed E-state index contributed by atoms with van der Waals surface area (Å²) in [6, 6.07) is 3.96. The number of nitrogens with zero attached hydrogens (tertiary/aromatic N) is 3. The van der Waals surface area contributed by atoms with Gasteiger partial charge in [-0.05, 0) is 82.1 Å². The van der Waals surface area contributed by atoms with E-state index in [-0.39, 0.29) is 40.6 Å². The Morgan fingerprint density at radius 2 is 2.06 bits per heavy atom. The average Bonchev–Trinajstić information content (AvgIpc) is 3.63. The van der Waals surface area contributed by atoms with Gasteiger partial charge in [0.15, 0.2) is 0 Å². The van der Waals surface area contributed by atoms with Gasteiger partial charge in [0.25, 0.3) is 0 Å². The molecule has 3 heterocycles. The Hall–Kier alpha value is -1.96. The van der Waals surface area contributed by atoms with Crippen LogP contribution in [0.5, 0.6) is 0 Å². The normalized spacial score (nSPS) is 30.7. The van der Waals surface area contributed by atoms with Gasteiger partial charge in [-0.25, -0.2) is 4.39 Å². The van der Waals surface area contributed by atoms with Crippen LogP contribution in [0.2, 0.25) is 5.02 Å². The van der Waals surface area contributed by atoms with Crippen molar-refractivity contribution >= 4 is 29.5 Å². The second kappa shape index (κ2) is 9.83. The molecule has 3 aliphatic heterocycles. The van der Waals surface area contributed by atoms with Gasteiger partial charge in [0.1, 0.15) is 18.1 Å². The van der Waals surface area contributed by atoms with Crippen LogP contribution in [0.15, 0.2) is 24.3 Å². The van der Waals surface area contributed by atoms with E-state index in [1.54, 1.807) is 24.0 Å². The summed E-state index contributed by atoms with van der Waals surface area (Å²) in [5.74, 6) is -0.714. The highest BCUT2D eigenvalue weighted by Gasteiger charge is 2.52. The lowest BCUT2D eigenvalue weighted by molar-refractivity contribution is -0.158. The van der Waals surface area contributed by atoms with Crippen LogP contribution in [0.3, 0.4) is 0 Å². The number of carbonyl (C=O) groups is 2. The van der Waals surface area contributed by atoms with Gasteiger partial charge < -0.3 is 14.9 Å². The Bertz CT molecular complexity index is 1010. The fourth-order valence-electron chi connectivity index (χ4n) is 6.37. The van der Waals surface area contributed by atoms with E-state index in [4.69, 9.17) is 11.6 Å². The van der Waals surface area contributed by atoms with Gasteiger partial charge in [0, 0.05) is 43.2 Å². The molecule has 0 unspecified atom stereocenters. The second-order valence-corrected chi connectivity index (χ2v) is 11.2. The molecule has 1 spiro atoms. The summed E-state index contributed by atoms with van der Waals surface area (Å²) in [7, 11) is 0. The van der Waals surface area contributed by atoms with Crippen LogP contribution in [0, 0.1) is 11.2 Å². The summed E-state index contributed by atoms with van der Waals surface area (Å²) in [6.07, 6.45) is 11.0. The molecule has 8 heteroatoms. The van der Waals surface area contributed by atoms with E-state index in [2.05, 4.69) is 4.90 Å². The molecular formula is C27H35ClFN3O3. The number of carbonyl (C=O) groups excluding carboxylic acids is 2. The minimum absolute atomic E-state index is 0.00868. The molecule has 0 radical (unpaired) electrons. The molecule has 4 aliphatic rings. The minimum Gasteiger partial charge on any atom is -0.378 e. The fourth-order valence-corrected chi connectivity index (χ4v) is 6.56. The van der Waals surface area contributed by atoms with Crippen molar-refractivity contribution in [3.05, 3.63) is 40.7 Å². The zero-order valence-corrected chi connectivity index (χ0v) is 21.1. The van der Waals surface area contributed by atoms with Crippen molar-refractivity contribution in [2.75, 3.05) is 19.6 Å². The Morgan fingerprint density at radius 1 is 1.26 bits per heavy atom. The van der Waals surface area contributed by atoms with Gasteiger partial charge in [-0.15, -0.1) is 0 Å². The van der Waals surface area contributed by atoms with Crippen molar-refractivity contribution in [3.8, 4) is 0 Å². The molecule has 2 amide bonds. The predicted molar refractivity (Wildman–Crippen MR) is 133 cm³/mol. The van der Waals surface area contributed by atoms with Gasteiger partial charge in [-0.3, -0.25) is 14.5 Å². The summed E-state index contributed by atoms with van der Waals surface area (Å²) in [5, 5.41) is 10.9. The van der Waals surface area contributed by atoms with Crippen molar-refractivity contribution in [2.24, 2.45) is 5.41 Å². The number of benzene rings is 1. The van der Waals surface area contributed by atoms with Gasteiger partial charge in [0.2, 0.25) is 11.8 Å². The quantitative estimate of drug-likeness (QED) is 0.615. The van der Waals surface area contributed by atoms with Crippen LogP contribution in [0.1, 0.15) is 63.9 Å². The molecule has 1 aliphatic carbocycles. The van der Waals surface area contributed by atoms with Crippen LogP contribution >= 0.6 is 11.6 Å². The van der Waals surface area contributed by atoms with E-state index in [9.17, 15) is 19.1 Å². The first-order valence-electron chi connectivity index (χ1n) is 13.0. The molecule has 3 saturated heterocycles. The largest absolute Gasteiger partial charge is 0.378 e. The lowest BCUT2D eigenvalue weighted by Crippen LogP contribution is -2.65. The van der Waals surface area contributed by atoms with Crippen LogP contribution in [-0.4, -0.2) is 75.6 Å². The molecule has 5 rings (SSSR count). The third-order valence-electron chi connectivity index (χ3n) is 8.65. The van der Waals surface area contributed by atoms with Crippen molar-refractivity contribution in [3.63, 3.8) is 0 Å². The molecule has 35 heavy (non-hydrogen) atoms. The smallest absolute Gasteiger partial charge is 0.247 e. The Morgan fingerprint density at radius 3 is 2.80 bits per heavy atom. The number of likely N-dealkylation sites (tertiary alicyclic amines) is 1. The van der Waals surface area contributed by atoms with Crippen molar-refractivity contribution in [1.82, 2.24) is 14.7 Å². The lowest BCUT2D eigenvalue weighted by atomic mass is 9.88. The number of amides is 2. The number of aliphatic hydroxyl groups is 1. The Kier molecular flexibility index (Phi) is 6.94. The number of hydrogen-bond acceptors (Lipinski definition) is 4.